The third-order valence-electron chi connectivity index (χ3n) is 7.33. The van der Waals surface area contributed by atoms with Crippen molar-refractivity contribution in [3.63, 3.8) is 0 Å². The summed E-state index contributed by atoms with van der Waals surface area (Å²) >= 11 is 0. The van der Waals surface area contributed by atoms with Crippen LogP contribution < -0.4 is 0 Å². The van der Waals surface area contributed by atoms with E-state index < -0.39 is 0 Å². The monoisotopic (exact) mass is 316 g/mol. The molecule has 4 rings (SSSR count). The number of nitrogens with zero attached hydrogens (tertiary/aromatic N) is 2. The van der Waals surface area contributed by atoms with Crippen LogP contribution in [0.25, 0.3) is 0 Å². The third kappa shape index (κ3) is 3.14. The molecule has 3 aliphatic carbocycles. The molecule has 0 aromatic heterocycles. The van der Waals surface area contributed by atoms with Gasteiger partial charge in [-0.15, -0.1) is 0 Å². The maximum absolute atomic E-state index is 2.84. The fourth-order valence-corrected chi connectivity index (χ4v) is 6.41. The quantitative estimate of drug-likeness (QED) is 0.718. The molecule has 1 saturated heterocycles. The fourth-order valence-electron chi connectivity index (χ4n) is 6.41. The van der Waals surface area contributed by atoms with Crippen molar-refractivity contribution in [2.24, 2.45) is 23.7 Å². The Kier molecular flexibility index (Phi) is 4.83. The first-order valence-electron chi connectivity index (χ1n) is 10.3. The molecule has 0 spiro atoms. The lowest BCUT2D eigenvalue weighted by molar-refractivity contribution is 0.174. The normalized spacial score (nSPS) is 37.7. The molecule has 3 fully saturated rings. The summed E-state index contributed by atoms with van der Waals surface area (Å²) in [5.41, 5.74) is 3.97. The zero-order chi connectivity index (χ0) is 15.8. The van der Waals surface area contributed by atoms with Crippen molar-refractivity contribution in [1.29, 1.82) is 0 Å². The van der Waals surface area contributed by atoms with E-state index in [4.69, 9.17) is 0 Å². The van der Waals surface area contributed by atoms with Crippen molar-refractivity contribution in [3.8, 4) is 0 Å². The molecule has 2 heteroatoms. The smallest absolute Gasteiger partial charge is 0.00189 e. The van der Waals surface area contributed by atoms with E-state index in [-0.39, 0.29) is 0 Å². The Hall–Kier alpha value is -0.340. The van der Waals surface area contributed by atoms with E-state index in [1.807, 2.05) is 11.1 Å². The molecule has 1 heterocycles. The molecule has 1 aliphatic heterocycles. The van der Waals surface area contributed by atoms with Crippen molar-refractivity contribution in [2.75, 3.05) is 40.3 Å². The number of rotatable bonds is 4. The molecule has 2 saturated carbocycles. The fraction of sp³-hybridized carbons (Fsp3) is 0.905. The second-order valence-electron chi connectivity index (χ2n) is 9.00. The molecule has 0 aromatic rings. The SMILES string of the molecule is CN(C)CCCN1C[C@@H]2[C@H](C1)[C@H]1CCCCC1=C1CCCC[C@@H]12. The molecule has 0 unspecified atom stereocenters. The highest BCUT2D eigenvalue weighted by Crippen LogP contribution is 2.54. The van der Waals surface area contributed by atoms with Gasteiger partial charge >= 0.3 is 0 Å². The van der Waals surface area contributed by atoms with Gasteiger partial charge in [0.15, 0.2) is 0 Å². The van der Waals surface area contributed by atoms with Gasteiger partial charge in [0, 0.05) is 13.1 Å². The first-order valence-corrected chi connectivity index (χ1v) is 10.3. The Morgan fingerprint density at radius 2 is 1.43 bits per heavy atom. The molecule has 23 heavy (non-hydrogen) atoms. The van der Waals surface area contributed by atoms with Crippen molar-refractivity contribution in [3.05, 3.63) is 11.1 Å². The van der Waals surface area contributed by atoms with E-state index in [0.29, 0.717) is 0 Å². The summed E-state index contributed by atoms with van der Waals surface area (Å²) in [6, 6.07) is 0. The Morgan fingerprint density at radius 3 is 1.96 bits per heavy atom. The highest BCUT2D eigenvalue weighted by Gasteiger charge is 2.48. The van der Waals surface area contributed by atoms with Gasteiger partial charge in [-0.25, -0.2) is 0 Å². The first kappa shape index (κ1) is 16.1. The third-order valence-corrected chi connectivity index (χ3v) is 7.33. The van der Waals surface area contributed by atoms with Crippen LogP contribution in [0.4, 0.5) is 0 Å². The van der Waals surface area contributed by atoms with Crippen molar-refractivity contribution in [1.82, 2.24) is 9.80 Å². The van der Waals surface area contributed by atoms with Gasteiger partial charge in [-0.3, -0.25) is 0 Å². The van der Waals surface area contributed by atoms with Crippen LogP contribution in [-0.4, -0.2) is 50.1 Å². The van der Waals surface area contributed by atoms with Crippen LogP contribution in [0.15, 0.2) is 11.1 Å². The zero-order valence-electron chi connectivity index (χ0n) is 15.4. The molecule has 0 N–H and O–H groups in total. The standard InChI is InChI=1S/C21H36N2/c1-22(2)12-7-13-23-14-20-18-10-5-3-8-16(18)17-9-4-6-11-19(17)21(20)15-23/h18-21H,3-15H2,1-2H3/t18-,19-,20-,21+/m0/s1. The van der Waals surface area contributed by atoms with Gasteiger partial charge in [0.05, 0.1) is 0 Å². The Morgan fingerprint density at radius 1 is 0.870 bits per heavy atom. The number of hydrogen-bond acceptors (Lipinski definition) is 2. The van der Waals surface area contributed by atoms with Crippen LogP contribution in [0.1, 0.15) is 57.8 Å². The van der Waals surface area contributed by atoms with Gasteiger partial charge in [-0.1, -0.05) is 24.0 Å². The van der Waals surface area contributed by atoms with Gasteiger partial charge in [0.1, 0.15) is 0 Å². The molecule has 0 aromatic carbocycles. The summed E-state index contributed by atoms with van der Waals surface area (Å²) in [7, 11) is 4.41. The van der Waals surface area contributed by atoms with Gasteiger partial charge < -0.3 is 9.80 Å². The summed E-state index contributed by atoms with van der Waals surface area (Å²) in [6.07, 6.45) is 13.2. The van der Waals surface area contributed by atoms with Gasteiger partial charge in [-0.05, 0) is 95.8 Å². The summed E-state index contributed by atoms with van der Waals surface area (Å²) in [5.74, 6) is 3.99. The first-order chi connectivity index (χ1) is 11.2. The Labute approximate surface area is 143 Å². The number of allylic oxidation sites excluding steroid dienone is 2. The molecule has 4 aliphatic rings. The van der Waals surface area contributed by atoms with Crippen LogP contribution in [-0.2, 0) is 0 Å². The van der Waals surface area contributed by atoms with Gasteiger partial charge in [0.25, 0.3) is 0 Å². The van der Waals surface area contributed by atoms with Crippen LogP contribution in [0.2, 0.25) is 0 Å². The number of likely N-dealkylation sites (tertiary alicyclic amines) is 1. The molecule has 0 radical (unpaired) electrons. The minimum absolute atomic E-state index is 0.983. The van der Waals surface area contributed by atoms with E-state index in [1.165, 1.54) is 84.0 Å². The van der Waals surface area contributed by atoms with Crippen molar-refractivity contribution < 1.29 is 0 Å². The molecular formula is C21H36N2. The largest absolute Gasteiger partial charge is 0.309 e. The summed E-state index contributed by atoms with van der Waals surface area (Å²) in [6.45, 7) is 5.40. The number of fused-ring (bicyclic) bond motifs is 5. The minimum Gasteiger partial charge on any atom is -0.309 e. The Balaban J connectivity index is 1.49. The predicted molar refractivity (Wildman–Crippen MR) is 97.5 cm³/mol. The van der Waals surface area contributed by atoms with Gasteiger partial charge in [0.2, 0.25) is 0 Å². The van der Waals surface area contributed by atoms with Crippen molar-refractivity contribution in [2.45, 2.75) is 57.8 Å². The lowest BCUT2D eigenvalue weighted by Crippen LogP contribution is -2.38. The molecular weight excluding hydrogens is 280 g/mol. The average molecular weight is 317 g/mol. The molecule has 2 nitrogen and oxygen atoms in total. The predicted octanol–water partition coefficient (Wildman–Crippen LogP) is 4.18. The van der Waals surface area contributed by atoms with E-state index >= 15 is 0 Å². The average Bonchev–Trinajstić information content (AvgIpc) is 2.99. The maximum atomic E-state index is 2.84. The van der Waals surface area contributed by atoms with E-state index in [2.05, 4.69) is 23.9 Å². The van der Waals surface area contributed by atoms with E-state index in [9.17, 15) is 0 Å². The summed E-state index contributed by atoms with van der Waals surface area (Å²) in [4.78, 5) is 5.17. The van der Waals surface area contributed by atoms with Crippen LogP contribution in [0.3, 0.4) is 0 Å². The maximum Gasteiger partial charge on any atom is 0.00189 e. The molecule has 0 amide bonds. The van der Waals surface area contributed by atoms with Crippen molar-refractivity contribution >= 4 is 0 Å². The molecule has 4 atom stereocenters. The number of hydrogen-bond donors (Lipinski definition) is 0. The van der Waals surface area contributed by atoms with E-state index in [0.717, 1.165) is 23.7 Å². The summed E-state index contributed by atoms with van der Waals surface area (Å²) < 4.78 is 0. The second kappa shape index (κ2) is 6.88. The lowest BCUT2D eigenvalue weighted by atomic mass is 9.58. The second-order valence-corrected chi connectivity index (χ2v) is 9.00. The van der Waals surface area contributed by atoms with Crippen LogP contribution in [0.5, 0.6) is 0 Å². The van der Waals surface area contributed by atoms with Gasteiger partial charge in [-0.2, -0.15) is 0 Å². The lowest BCUT2D eigenvalue weighted by Gasteiger charge is -2.46. The summed E-state index contributed by atoms with van der Waals surface area (Å²) in [5, 5.41) is 0. The highest BCUT2D eigenvalue weighted by molar-refractivity contribution is 5.29. The topological polar surface area (TPSA) is 6.48 Å². The molecule has 130 valence electrons. The van der Waals surface area contributed by atoms with E-state index in [1.54, 1.807) is 0 Å². The highest BCUT2D eigenvalue weighted by atomic mass is 15.2. The minimum atomic E-state index is 0.983. The van der Waals surface area contributed by atoms with Crippen LogP contribution >= 0.6 is 0 Å². The zero-order valence-corrected chi connectivity index (χ0v) is 15.4. The van der Waals surface area contributed by atoms with Crippen LogP contribution in [0, 0.1) is 23.7 Å². The molecule has 0 bridgehead atoms. The Bertz CT molecular complexity index is 419.